The van der Waals surface area contributed by atoms with Crippen molar-refractivity contribution in [3.05, 3.63) is 30.3 Å². The molecule has 0 aliphatic carbocycles. The topological polar surface area (TPSA) is 75.3 Å². The molecule has 2 N–H and O–H groups in total. The van der Waals surface area contributed by atoms with Crippen molar-refractivity contribution in [1.82, 2.24) is 10.6 Å². The maximum Gasteiger partial charge on any atom is 0.315 e. The van der Waals surface area contributed by atoms with Gasteiger partial charge < -0.3 is 10.6 Å². The molecule has 1 aliphatic rings. The fourth-order valence-electron chi connectivity index (χ4n) is 1.40. The smallest absolute Gasteiger partial charge is 0.315 e. The van der Waals surface area contributed by atoms with Crippen LogP contribution in [0.3, 0.4) is 0 Å². The highest BCUT2D eigenvalue weighted by atomic mass is 32.2. The summed E-state index contributed by atoms with van der Waals surface area (Å²) in [6.45, 7) is 0.107. The number of urea groups is 1. The highest BCUT2D eigenvalue weighted by Crippen LogP contribution is 2.15. The van der Waals surface area contributed by atoms with Crippen LogP contribution in [0, 0.1) is 0 Å². The van der Waals surface area contributed by atoms with Crippen molar-refractivity contribution in [1.29, 1.82) is 0 Å². The first kappa shape index (κ1) is 9.97. The van der Waals surface area contributed by atoms with Gasteiger partial charge in [0.05, 0.1) is 11.4 Å². The number of hydrogen-bond donors (Lipinski definition) is 2. The van der Waals surface area contributed by atoms with E-state index in [9.17, 15) is 13.2 Å². The van der Waals surface area contributed by atoms with Crippen LogP contribution < -0.4 is 10.6 Å². The highest BCUT2D eigenvalue weighted by molar-refractivity contribution is 7.92. The van der Waals surface area contributed by atoms with Gasteiger partial charge in [0, 0.05) is 0 Å². The van der Waals surface area contributed by atoms with Crippen LogP contribution in [0.2, 0.25) is 0 Å². The minimum Gasteiger partial charge on any atom is -0.335 e. The van der Waals surface area contributed by atoms with Gasteiger partial charge in [0.25, 0.3) is 0 Å². The molecule has 0 saturated carbocycles. The molecule has 2 rings (SSSR count). The van der Waals surface area contributed by atoms with Gasteiger partial charge in [-0.15, -0.1) is 0 Å². The van der Waals surface area contributed by atoms with E-state index in [0.29, 0.717) is 0 Å². The lowest BCUT2D eigenvalue weighted by atomic mass is 10.4. The standard InChI is InChI=1S/C9H10N2O3S/c12-9-10-6-8(11-9)15(13,14)7-4-2-1-3-5-7/h1-5,8H,6H2,(H2,10,11,12). The van der Waals surface area contributed by atoms with E-state index >= 15 is 0 Å². The zero-order chi connectivity index (χ0) is 10.9. The molecule has 0 radical (unpaired) electrons. The number of carbonyl (C=O) groups is 1. The summed E-state index contributed by atoms with van der Waals surface area (Å²) in [7, 11) is -3.47. The van der Waals surface area contributed by atoms with Crippen molar-refractivity contribution in [2.24, 2.45) is 0 Å². The van der Waals surface area contributed by atoms with Crippen molar-refractivity contribution in [2.45, 2.75) is 10.3 Å². The lowest BCUT2D eigenvalue weighted by molar-refractivity contribution is 0.248. The Morgan fingerprint density at radius 2 is 1.87 bits per heavy atom. The number of hydrogen-bond acceptors (Lipinski definition) is 3. The molecule has 80 valence electrons. The number of benzene rings is 1. The molecular formula is C9H10N2O3S. The number of amides is 2. The van der Waals surface area contributed by atoms with Gasteiger partial charge in [-0.1, -0.05) is 18.2 Å². The van der Waals surface area contributed by atoms with Crippen molar-refractivity contribution in [2.75, 3.05) is 6.54 Å². The third kappa shape index (κ3) is 1.80. The second-order valence-electron chi connectivity index (χ2n) is 3.20. The summed E-state index contributed by atoms with van der Waals surface area (Å²) < 4.78 is 23.9. The molecule has 1 aromatic rings. The first-order valence-electron chi connectivity index (χ1n) is 4.44. The van der Waals surface area contributed by atoms with Crippen LogP contribution in [0.25, 0.3) is 0 Å². The lowest BCUT2D eigenvalue weighted by Crippen LogP contribution is -2.34. The molecule has 1 aliphatic heterocycles. The third-order valence-corrected chi connectivity index (χ3v) is 4.15. The van der Waals surface area contributed by atoms with Crippen molar-refractivity contribution in [3.8, 4) is 0 Å². The molecule has 0 bridgehead atoms. The van der Waals surface area contributed by atoms with Gasteiger partial charge in [-0.2, -0.15) is 0 Å². The van der Waals surface area contributed by atoms with Crippen LogP contribution in [-0.2, 0) is 9.84 Å². The molecular weight excluding hydrogens is 216 g/mol. The predicted molar refractivity (Wildman–Crippen MR) is 54.0 cm³/mol. The highest BCUT2D eigenvalue weighted by Gasteiger charge is 2.33. The van der Waals surface area contributed by atoms with E-state index in [1.165, 1.54) is 12.1 Å². The van der Waals surface area contributed by atoms with Gasteiger partial charge in [0.2, 0.25) is 9.84 Å². The monoisotopic (exact) mass is 226 g/mol. The minimum atomic E-state index is -3.47. The van der Waals surface area contributed by atoms with Crippen LogP contribution in [0.1, 0.15) is 0 Å². The molecule has 1 fully saturated rings. The van der Waals surface area contributed by atoms with Crippen LogP contribution in [0.15, 0.2) is 35.2 Å². The quantitative estimate of drug-likeness (QED) is 0.751. The van der Waals surface area contributed by atoms with E-state index in [2.05, 4.69) is 10.6 Å². The third-order valence-electron chi connectivity index (χ3n) is 2.19. The van der Waals surface area contributed by atoms with Gasteiger partial charge >= 0.3 is 6.03 Å². The Balaban J connectivity index is 2.32. The summed E-state index contributed by atoms with van der Waals surface area (Å²) in [6.07, 6.45) is 0. The second kappa shape index (κ2) is 3.54. The molecule has 1 atom stereocenters. The van der Waals surface area contributed by atoms with E-state index < -0.39 is 21.2 Å². The first-order valence-corrected chi connectivity index (χ1v) is 5.98. The Hall–Kier alpha value is -1.56. The van der Waals surface area contributed by atoms with Crippen LogP contribution >= 0.6 is 0 Å². The van der Waals surface area contributed by atoms with Gasteiger partial charge in [-0.05, 0) is 12.1 Å². The van der Waals surface area contributed by atoms with Crippen molar-refractivity contribution >= 4 is 15.9 Å². The fraction of sp³-hybridized carbons (Fsp3) is 0.222. The summed E-state index contributed by atoms with van der Waals surface area (Å²) in [5.74, 6) is 0. The fourth-order valence-corrected chi connectivity index (χ4v) is 2.83. The Bertz CT molecular complexity index is 469. The van der Waals surface area contributed by atoms with Gasteiger partial charge in [0.15, 0.2) is 5.37 Å². The Morgan fingerprint density at radius 3 is 2.40 bits per heavy atom. The van der Waals surface area contributed by atoms with Crippen molar-refractivity contribution in [3.63, 3.8) is 0 Å². The lowest BCUT2D eigenvalue weighted by Gasteiger charge is -2.09. The van der Waals surface area contributed by atoms with Gasteiger partial charge in [-0.3, -0.25) is 0 Å². The molecule has 2 amide bonds. The minimum absolute atomic E-state index is 0.107. The first-order chi connectivity index (χ1) is 7.10. The predicted octanol–water partition coefficient (Wildman–Crippen LogP) is 0.0992. The molecule has 0 spiro atoms. The number of rotatable bonds is 2. The second-order valence-corrected chi connectivity index (χ2v) is 5.33. The normalized spacial score (nSPS) is 20.8. The zero-order valence-corrected chi connectivity index (χ0v) is 8.62. The van der Waals surface area contributed by atoms with Gasteiger partial charge in [0.1, 0.15) is 0 Å². The number of sulfone groups is 1. The molecule has 1 unspecified atom stereocenters. The van der Waals surface area contributed by atoms with E-state index in [4.69, 9.17) is 0 Å². The van der Waals surface area contributed by atoms with Crippen molar-refractivity contribution < 1.29 is 13.2 Å². The largest absolute Gasteiger partial charge is 0.335 e. The molecule has 15 heavy (non-hydrogen) atoms. The maximum absolute atomic E-state index is 11.9. The Labute approximate surface area is 87.4 Å². The SMILES string of the molecule is O=C1NCC(S(=O)(=O)c2ccccc2)N1. The van der Waals surface area contributed by atoms with E-state index in [0.717, 1.165) is 0 Å². The summed E-state index contributed by atoms with van der Waals surface area (Å²) in [5, 5.41) is 3.90. The average Bonchev–Trinajstić information content (AvgIpc) is 2.67. The Morgan fingerprint density at radius 1 is 1.20 bits per heavy atom. The summed E-state index contributed by atoms with van der Waals surface area (Å²) >= 11 is 0. The summed E-state index contributed by atoms with van der Waals surface area (Å²) in [6, 6.07) is 7.62. The molecule has 0 aromatic heterocycles. The van der Waals surface area contributed by atoms with Gasteiger partial charge in [-0.25, -0.2) is 13.2 Å². The molecule has 1 saturated heterocycles. The van der Waals surface area contributed by atoms with E-state index in [1.54, 1.807) is 18.2 Å². The maximum atomic E-state index is 11.9. The summed E-state index contributed by atoms with van der Waals surface area (Å²) in [4.78, 5) is 11.1. The van der Waals surface area contributed by atoms with Crippen LogP contribution in [0.4, 0.5) is 4.79 Å². The summed E-state index contributed by atoms with van der Waals surface area (Å²) in [5.41, 5.74) is 0. The van der Waals surface area contributed by atoms with Crippen LogP contribution in [0.5, 0.6) is 0 Å². The molecule has 1 heterocycles. The number of carbonyl (C=O) groups excluding carboxylic acids is 1. The van der Waals surface area contributed by atoms with Crippen LogP contribution in [-0.4, -0.2) is 26.4 Å². The average molecular weight is 226 g/mol. The molecule has 1 aromatic carbocycles. The zero-order valence-electron chi connectivity index (χ0n) is 7.80. The Kier molecular flexibility index (Phi) is 2.36. The number of nitrogens with one attached hydrogen (secondary N) is 2. The van der Waals surface area contributed by atoms with E-state index in [1.807, 2.05) is 0 Å². The van der Waals surface area contributed by atoms with E-state index in [-0.39, 0.29) is 11.4 Å². The molecule has 6 heteroatoms. The molecule has 5 nitrogen and oxygen atoms in total.